The average molecular weight is 223 g/mol. The number of hydrogen-bond donors (Lipinski definition) is 2. The number of rotatable bonds is 6. The fourth-order valence-corrected chi connectivity index (χ4v) is 1.10. The molecule has 0 aromatic carbocycles. The normalized spacial score (nSPS) is 12.1. The van der Waals surface area contributed by atoms with E-state index in [1.165, 1.54) is 0 Å². The number of hydrogen-bond acceptors (Lipinski definition) is 4. The van der Waals surface area contributed by atoms with Crippen molar-refractivity contribution in [2.24, 2.45) is 5.73 Å². The molecule has 5 heteroatoms. The third-order valence-electron chi connectivity index (χ3n) is 2.07. The number of pyridine rings is 1. The lowest BCUT2D eigenvalue weighted by atomic mass is 10.3. The molecule has 0 aliphatic heterocycles. The van der Waals surface area contributed by atoms with E-state index in [2.05, 4.69) is 10.3 Å². The van der Waals surface area contributed by atoms with Gasteiger partial charge in [-0.15, -0.1) is 0 Å². The van der Waals surface area contributed by atoms with Crippen LogP contribution in [0, 0.1) is 0 Å². The lowest BCUT2D eigenvalue weighted by Crippen LogP contribution is -2.30. The first-order chi connectivity index (χ1) is 7.63. The van der Waals surface area contributed by atoms with Gasteiger partial charge in [-0.25, -0.2) is 0 Å². The molecule has 0 saturated carbocycles. The van der Waals surface area contributed by atoms with E-state index in [9.17, 15) is 4.79 Å². The van der Waals surface area contributed by atoms with Crippen LogP contribution in [-0.4, -0.2) is 23.5 Å². The van der Waals surface area contributed by atoms with Gasteiger partial charge < -0.3 is 15.8 Å². The van der Waals surface area contributed by atoms with Crippen molar-refractivity contribution in [2.45, 2.75) is 26.5 Å². The van der Waals surface area contributed by atoms with Crippen LogP contribution in [0.3, 0.4) is 0 Å². The van der Waals surface area contributed by atoms with E-state index in [0.717, 1.165) is 18.8 Å². The van der Waals surface area contributed by atoms with Crippen molar-refractivity contribution in [1.29, 1.82) is 0 Å². The Hall–Kier alpha value is -1.62. The summed E-state index contributed by atoms with van der Waals surface area (Å²) in [6.07, 6.45) is 0.952. The van der Waals surface area contributed by atoms with Crippen LogP contribution in [0.2, 0.25) is 0 Å². The second kappa shape index (κ2) is 6.07. The molecule has 1 heterocycles. The first-order valence-electron chi connectivity index (χ1n) is 5.25. The number of carbonyl (C=O) groups is 1. The minimum absolute atomic E-state index is 0.489. The van der Waals surface area contributed by atoms with Gasteiger partial charge in [-0.1, -0.05) is 6.92 Å². The van der Waals surface area contributed by atoms with Crippen LogP contribution in [0.25, 0.3) is 0 Å². The van der Waals surface area contributed by atoms with Gasteiger partial charge in [0, 0.05) is 6.54 Å². The van der Waals surface area contributed by atoms with E-state index in [0.29, 0.717) is 5.75 Å². The maximum absolute atomic E-state index is 10.8. The predicted molar refractivity (Wildman–Crippen MR) is 60.9 cm³/mol. The zero-order valence-corrected chi connectivity index (χ0v) is 9.56. The highest BCUT2D eigenvalue weighted by Crippen LogP contribution is 2.11. The second-order valence-corrected chi connectivity index (χ2v) is 3.43. The van der Waals surface area contributed by atoms with E-state index in [1.54, 1.807) is 19.2 Å². The minimum atomic E-state index is -0.638. The Labute approximate surface area is 95.0 Å². The van der Waals surface area contributed by atoms with E-state index < -0.39 is 12.0 Å². The van der Waals surface area contributed by atoms with Gasteiger partial charge in [-0.3, -0.25) is 9.78 Å². The number of nitrogens with two attached hydrogens (primary N) is 1. The zero-order chi connectivity index (χ0) is 12.0. The molecule has 1 rings (SSSR count). The Bertz CT molecular complexity index is 338. The van der Waals surface area contributed by atoms with Gasteiger partial charge in [-0.2, -0.15) is 0 Å². The van der Waals surface area contributed by atoms with Crippen LogP contribution in [0.15, 0.2) is 18.3 Å². The molecule has 3 N–H and O–H groups in total. The smallest absolute Gasteiger partial charge is 0.258 e. The summed E-state index contributed by atoms with van der Waals surface area (Å²) in [5.41, 5.74) is 6.02. The summed E-state index contributed by atoms with van der Waals surface area (Å²) in [5, 5.41) is 3.17. The quantitative estimate of drug-likeness (QED) is 0.733. The molecule has 0 spiro atoms. The van der Waals surface area contributed by atoms with E-state index >= 15 is 0 Å². The Morgan fingerprint density at radius 2 is 2.38 bits per heavy atom. The van der Waals surface area contributed by atoms with E-state index in [-0.39, 0.29) is 0 Å². The Balaban J connectivity index is 2.54. The van der Waals surface area contributed by atoms with Gasteiger partial charge >= 0.3 is 0 Å². The first kappa shape index (κ1) is 12.4. The fourth-order valence-electron chi connectivity index (χ4n) is 1.10. The summed E-state index contributed by atoms with van der Waals surface area (Å²) in [7, 11) is 0. The summed E-state index contributed by atoms with van der Waals surface area (Å²) >= 11 is 0. The molecule has 0 aliphatic rings. The van der Waals surface area contributed by atoms with Crippen molar-refractivity contribution in [3.05, 3.63) is 24.0 Å². The summed E-state index contributed by atoms with van der Waals surface area (Å²) < 4.78 is 5.28. The number of primary amides is 1. The van der Waals surface area contributed by atoms with Gasteiger partial charge in [-0.05, 0) is 25.6 Å². The summed E-state index contributed by atoms with van der Waals surface area (Å²) in [6, 6.07) is 3.63. The van der Waals surface area contributed by atoms with Crippen molar-refractivity contribution in [2.75, 3.05) is 6.54 Å². The van der Waals surface area contributed by atoms with Gasteiger partial charge in [0.15, 0.2) is 6.10 Å². The molecule has 1 aromatic heterocycles. The number of carbonyl (C=O) groups excluding carboxylic acids is 1. The lowest BCUT2D eigenvalue weighted by Gasteiger charge is -2.10. The molecule has 1 amide bonds. The van der Waals surface area contributed by atoms with Gasteiger partial charge in [0.05, 0.1) is 11.9 Å². The molecule has 0 saturated heterocycles. The SMILES string of the molecule is CCNCc1ccc(OC(C)C(N)=O)cn1. The van der Waals surface area contributed by atoms with Crippen molar-refractivity contribution in [3.8, 4) is 5.75 Å². The highest BCUT2D eigenvalue weighted by Gasteiger charge is 2.09. The molecule has 0 fully saturated rings. The van der Waals surface area contributed by atoms with Gasteiger partial charge in [0.25, 0.3) is 5.91 Å². The molecule has 1 unspecified atom stereocenters. The van der Waals surface area contributed by atoms with Crippen molar-refractivity contribution >= 4 is 5.91 Å². The molecule has 0 aliphatic carbocycles. The second-order valence-electron chi connectivity index (χ2n) is 3.43. The van der Waals surface area contributed by atoms with Crippen molar-refractivity contribution in [3.63, 3.8) is 0 Å². The Morgan fingerprint density at radius 1 is 1.62 bits per heavy atom. The van der Waals surface area contributed by atoms with Crippen LogP contribution in [0.4, 0.5) is 0 Å². The number of nitrogens with one attached hydrogen (secondary N) is 1. The summed E-state index contributed by atoms with van der Waals surface area (Å²) in [6.45, 7) is 5.27. The molecule has 16 heavy (non-hydrogen) atoms. The van der Waals surface area contributed by atoms with Crippen LogP contribution < -0.4 is 15.8 Å². The molecule has 1 aromatic rings. The minimum Gasteiger partial charge on any atom is -0.479 e. The number of nitrogens with zero attached hydrogens (tertiary/aromatic N) is 1. The van der Waals surface area contributed by atoms with Crippen LogP contribution in [-0.2, 0) is 11.3 Å². The van der Waals surface area contributed by atoms with Crippen LogP contribution >= 0.6 is 0 Å². The first-order valence-corrected chi connectivity index (χ1v) is 5.25. The number of amides is 1. The van der Waals surface area contributed by atoms with E-state index in [1.807, 2.05) is 13.0 Å². The third kappa shape index (κ3) is 3.86. The average Bonchev–Trinajstić information content (AvgIpc) is 2.28. The molecular weight excluding hydrogens is 206 g/mol. The molecule has 5 nitrogen and oxygen atoms in total. The molecular formula is C11H17N3O2. The third-order valence-corrected chi connectivity index (χ3v) is 2.07. The van der Waals surface area contributed by atoms with E-state index in [4.69, 9.17) is 10.5 Å². The highest BCUT2D eigenvalue weighted by atomic mass is 16.5. The van der Waals surface area contributed by atoms with Crippen LogP contribution in [0.1, 0.15) is 19.5 Å². The summed E-state index contributed by atoms with van der Waals surface area (Å²) in [4.78, 5) is 15.0. The van der Waals surface area contributed by atoms with Gasteiger partial charge in [0.2, 0.25) is 0 Å². The van der Waals surface area contributed by atoms with Crippen LogP contribution in [0.5, 0.6) is 5.75 Å². The Morgan fingerprint density at radius 3 is 2.88 bits per heavy atom. The topological polar surface area (TPSA) is 77.2 Å². The summed E-state index contributed by atoms with van der Waals surface area (Å²) in [5.74, 6) is 0.0586. The number of ether oxygens (including phenoxy) is 1. The molecule has 1 atom stereocenters. The Kier molecular flexibility index (Phi) is 4.72. The highest BCUT2D eigenvalue weighted by molar-refractivity contribution is 5.78. The largest absolute Gasteiger partial charge is 0.479 e. The molecule has 88 valence electrons. The maximum Gasteiger partial charge on any atom is 0.258 e. The van der Waals surface area contributed by atoms with Crippen molar-refractivity contribution in [1.82, 2.24) is 10.3 Å². The van der Waals surface area contributed by atoms with Gasteiger partial charge in [0.1, 0.15) is 5.75 Å². The molecule has 0 bridgehead atoms. The number of aromatic nitrogens is 1. The zero-order valence-electron chi connectivity index (χ0n) is 9.56. The standard InChI is InChI=1S/C11H17N3O2/c1-3-13-6-9-4-5-10(7-14-9)16-8(2)11(12)15/h4-5,7-8,13H,3,6H2,1-2H3,(H2,12,15). The predicted octanol–water partition coefficient (Wildman–Crippen LogP) is 0.444. The molecule has 0 radical (unpaired) electrons. The lowest BCUT2D eigenvalue weighted by molar-refractivity contribution is -0.123. The fraction of sp³-hybridized carbons (Fsp3) is 0.455. The van der Waals surface area contributed by atoms with Crippen molar-refractivity contribution < 1.29 is 9.53 Å². The maximum atomic E-state index is 10.8. The monoisotopic (exact) mass is 223 g/mol.